The van der Waals surface area contributed by atoms with Gasteiger partial charge in [-0.25, -0.2) is 18.7 Å². The Morgan fingerprint density at radius 1 is 1.20 bits per heavy atom. The van der Waals surface area contributed by atoms with Gasteiger partial charge in [0.1, 0.15) is 0 Å². The van der Waals surface area contributed by atoms with Gasteiger partial charge in [-0.05, 0) is 6.07 Å². The molecular weight excluding hydrogens is 299 g/mol. The zero-order valence-electron chi connectivity index (χ0n) is 9.49. The highest BCUT2D eigenvalue weighted by Gasteiger charge is 2.23. The molecule has 0 fully saturated rings. The van der Waals surface area contributed by atoms with E-state index in [9.17, 15) is 18.0 Å². The number of halogens is 4. The summed E-state index contributed by atoms with van der Waals surface area (Å²) in [6, 6.07) is 0.310. The van der Waals surface area contributed by atoms with Crippen LogP contribution in [0.15, 0.2) is 18.5 Å². The largest absolute Gasteiger partial charge is 0.503 e. The highest BCUT2D eigenvalue weighted by atomic mass is 35.5. The van der Waals surface area contributed by atoms with Gasteiger partial charge in [0.25, 0.3) is 5.91 Å². The average molecular weight is 304 g/mol. The quantitative estimate of drug-likeness (QED) is 0.836. The van der Waals surface area contributed by atoms with Crippen LogP contribution >= 0.6 is 11.6 Å². The van der Waals surface area contributed by atoms with Crippen molar-refractivity contribution in [2.24, 2.45) is 0 Å². The molecule has 104 valence electrons. The standard InChI is InChI=1S/C11H5ClF3N3O2/c12-9-10(17-2-1-16-9)18-11(20)4-3-5(13)7(15)8(19)6(4)14/h1-3,19H,(H,17,18,20). The summed E-state index contributed by atoms with van der Waals surface area (Å²) in [5.41, 5.74) is -0.900. The second kappa shape index (κ2) is 5.33. The molecule has 2 aromatic rings. The normalized spacial score (nSPS) is 10.4. The summed E-state index contributed by atoms with van der Waals surface area (Å²) in [5.74, 6) is -7.89. The van der Waals surface area contributed by atoms with E-state index in [2.05, 4.69) is 15.3 Å². The number of aromatic nitrogens is 2. The molecule has 1 heterocycles. The molecule has 9 heteroatoms. The number of carbonyl (C=O) groups excluding carboxylic acids is 1. The molecule has 0 spiro atoms. The van der Waals surface area contributed by atoms with Crippen molar-refractivity contribution in [3.63, 3.8) is 0 Å². The number of rotatable bonds is 2. The summed E-state index contributed by atoms with van der Waals surface area (Å²) in [4.78, 5) is 19.0. The Labute approximate surface area is 115 Å². The van der Waals surface area contributed by atoms with Crippen molar-refractivity contribution in [3.8, 4) is 5.75 Å². The number of phenols is 1. The summed E-state index contributed by atoms with van der Waals surface area (Å²) in [6.07, 6.45) is 2.46. The van der Waals surface area contributed by atoms with E-state index >= 15 is 0 Å². The lowest BCUT2D eigenvalue weighted by Gasteiger charge is -2.08. The lowest BCUT2D eigenvalue weighted by Crippen LogP contribution is -2.16. The molecule has 20 heavy (non-hydrogen) atoms. The number of hydrogen-bond donors (Lipinski definition) is 2. The number of nitrogens with zero attached hydrogens (tertiary/aromatic N) is 2. The minimum atomic E-state index is -1.78. The first-order valence-electron chi connectivity index (χ1n) is 5.06. The molecule has 0 bridgehead atoms. The molecule has 1 aromatic heterocycles. The van der Waals surface area contributed by atoms with Gasteiger partial charge in [-0.15, -0.1) is 0 Å². The van der Waals surface area contributed by atoms with Gasteiger partial charge in [0.2, 0.25) is 5.82 Å². The molecule has 0 saturated carbocycles. The Morgan fingerprint density at radius 3 is 2.50 bits per heavy atom. The molecular formula is C11H5ClF3N3O2. The van der Waals surface area contributed by atoms with Crippen LogP contribution in [0.3, 0.4) is 0 Å². The predicted octanol–water partition coefficient (Wildman–Crippen LogP) is 2.51. The zero-order chi connectivity index (χ0) is 14.9. The lowest BCUT2D eigenvalue weighted by molar-refractivity contribution is 0.102. The minimum absolute atomic E-state index is 0.173. The summed E-state index contributed by atoms with van der Waals surface area (Å²) >= 11 is 5.62. The fraction of sp³-hybridized carbons (Fsp3) is 0. The number of benzene rings is 1. The van der Waals surface area contributed by atoms with Crippen LogP contribution < -0.4 is 5.32 Å². The topological polar surface area (TPSA) is 75.1 Å². The highest BCUT2D eigenvalue weighted by molar-refractivity contribution is 6.32. The molecule has 0 atom stereocenters. The van der Waals surface area contributed by atoms with Crippen LogP contribution in [-0.2, 0) is 0 Å². The summed E-state index contributed by atoms with van der Waals surface area (Å²) in [5, 5.41) is 10.9. The maximum atomic E-state index is 13.5. The lowest BCUT2D eigenvalue weighted by atomic mass is 10.1. The van der Waals surface area contributed by atoms with Crippen LogP contribution in [0, 0.1) is 17.5 Å². The molecule has 2 N–H and O–H groups in total. The number of hydrogen-bond acceptors (Lipinski definition) is 4. The third-order valence-corrected chi connectivity index (χ3v) is 2.54. The molecule has 1 amide bonds. The van der Waals surface area contributed by atoms with E-state index in [0.29, 0.717) is 6.07 Å². The van der Waals surface area contributed by atoms with E-state index < -0.39 is 34.7 Å². The Morgan fingerprint density at radius 2 is 1.85 bits per heavy atom. The van der Waals surface area contributed by atoms with Gasteiger partial charge in [-0.1, -0.05) is 11.6 Å². The second-order valence-electron chi connectivity index (χ2n) is 3.53. The number of amides is 1. The first kappa shape index (κ1) is 14.1. The van der Waals surface area contributed by atoms with Crippen LogP contribution in [0.25, 0.3) is 0 Å². The van der Waals surface area contributed by atoms with Crippen LogP contribution in [0.1, 0.15) is 10.4 Å². The summed E-state index contributed by atoms with van der Waals surface area (Å²) in [7, 11) is 0. The molecule has 0 aliphatic carbocycles. The van der Waals surface area contributed by atoms with Gasteiger partial charge in [0, 0.05) is 12.4 Å². The van der Waals surface area contributed by atoms with Crippen molar-refractivity contribution in [2.45, 2.75) is 0 Å². The molecule has 5 nitrogen and oxygen atoms in total. The first-order chi connectivity index (χ1) is 9.41. The highest BCUT2D eigenvalue weighted by Crippen LogP contribution is 2.26. The van der Waals surface area contributed by atoms with E-state index in [4.69, 9.17) is 16.7 Å². The average Bonchev–Trinajstić information content (AvgIpc) is 2.43. The van der Waals surface area contributed by atoms with Gasteiger partial charge < -0.3 is 10.4 Å². The Hall–Kier alpha value is -2.35. The zero-order valence-corrected chi connectivity index (χ0v) is 10.2. The van der Waals surface area contributed by atoms with Crippen molar-refractivity contribution >= 4 is 23.3 Å². The van der Waals surface area contributed by atoms with E-state index in [1.54, 1.807) is 0 Å². The van der Waals surface area contributed by atoms with Crippen molar-refractivity contribution in [2.75, 3.05) is 5.32 Å². The molecule has 1 aromatic carbocycles. The molecule has 0 aliphatic heterocycles. The minimum Gasteiger partial charge on any atom is -0.503 e. The fourth-order valence-electron chi connectivity index (χ4n) is 1.34. The molecule has 2 rings (SSSR count). The summed E-state index contributed by atoms with van der Waals surface area (Å²) < 4.78 is 39.5. The molecule has 0 saturated heterocycles. The van der Waals surface area contributed by atoms with Gasteiger partial charge in [-0.2, -0.15) is 4.39 Å². The number of anilines is 1. The smallest absolute Gasteiger partial charge is 0.260 e. The Kier molecular flexibility index (Phi) is 3.75. The number of carbonyl (C=O) groups is 1. The third-order valence-electron chi connectivity index (χ3n) is 2.26. The van der Waals surface area contributed by atoms with Crippen LogP contribution in [0.4, 0.5) is 19.0 Å². The van der Waals surface area contributed by atoms with Crippen molar-refractivity contribution < 1.29 is 23.1 Å². The number of aromatic hydroxyl groups is 1. The van der Waals surface area contributed by atoms with Crippen molar-refractivity contribution in [1.29, 1.82) is 0 Å². The van der Waals surface area contributed by atoms with Crippen LogP contribution in [0.2, 0.25) is 5.15 Å². The maximum Gasteiger partial charge on any atom is 0.260 e. The molecule has 0 aliphatic rings. The van der Waals surface area contributed by atoms with E-state index in [1.807, 2.05) is 0 Å². The Bertz CT molecular complexity index is 697. The molecule has 0 radical (unpaired) electrons. The summed E-state index contributed by atoms with van der Waals surface area (Å²) in [6.45, 7) is 0. The SMILES string of the molecule is O=C(Nc1nccnc1Cl)c1cc(F)c(F)c(O)c1F. The van der Waals surface area contributed by atoms with Gasteiger partial charge in [-0.3, -0.25) is 4.79 Å². The van der Waals surface area contributed by atoms with Crippen molar-refractivity contribution in [1.82, 2.24) is 9.97 Å². The third kappa shape index (κ3) is 2.50. The van der Waals surface area contributed by atoms with Crippen LogP contribution in [0.5, 0.6) is 5.75 Å². The predicted molar refractivity (Wildman–Crippen MR) is 63.0 cm³/mol. The second-order valence-corrected chi connectivity index (χ2v) is 3.89. The monoisotopic (exact) mass is 303 g/mol. The van der Waals surface area contributed by atoms with Gasteiger partial charge in [0.05, 0.1) is 5.56 Å². The van der Waals surface area contributed by atoms with E-state index in [-0.39, 0.29) is 11.0 Å². The van der Waals surface area contributed by atoms with E-state index in [1.165, 1.54) is 12.4 Å². The van der Waals surface area contributed by atoms with Gasteiger partial charge in [0.15, 0.2) is 28.4 Å². The van der Waals surface area contributed by atoms with Crippen molar-refractivity contribution in [3.05, 3.63) is 46.6 Å². The van der Waals surface area contributed by atoms with E-state index in [0.717, 1.165) is 0 Å². The van der Waals surface area contributed by atoms with Crippen LogP contribution in [-0.4, -0.2) is 21.0 Å². The number of nitrogens with one attached hydrogen (secondary N) is 1. The Balaban J connectivity index is 2.38. The van der Waals surface area contributed by atoms with Gasteiger partial charge >= 0.3 is 0 Å². The maximum absolute atomic E-state index is 13.5. The molecule has 0 unspecified atom stereocenters. The number of phenolic OH excluding ortho intramolecular Hbond substituents is 1. The first-order valence-corrected chi connectivity index (χ1v) is 5.44. The fourth-order valence-corrected chi connectivity index (χ4v) is 1.49.